The molecule has 3 saturated carbocycles. The van der Waals surface area contributed by atoms with Gasteiger partial charge in [-0.05, 0) is 53.6 Å². The van der Waals surface area contributed by atoms with E-state index >= 15 is 0 Å². The third-order valence-electron chi connectivity index (χ3n) is 7.41. The van der Waals surface area contributed by atoms with Crippen LogP contribution < -0.4 is 0 Å². The molecule has 0 amide bonds. The van der Waals surface area contributed by atoms with Crippen molar-refractivity contribution in [1.82, 2.24) is 0 Å². The molecule has 5 rings (SSSR count). The molecule has 0 nitrogen and oxygen atoms in total. The van der Waals surface area contributed by atoms with Crippen molar-refractivity contribution in [3.63, 3.8) is 0 Å². The van der Waals surface area contributed by atoms with E-state index < -0.39 is 8.07 Å². The van der Waals surface area contributed by atoms with Crippen LogP contribution in [0.15, 0.2) is 29.5 Å². The zero-order valence-electron chi connectivity index (χ0n) is 14.7. The molecule has 0 radical (unpaired) electrons. The molecule has 1 aromatic rings. The minimum atomic E-state index is -1.27. The maximum Gasteiger partial charge on any atom is 0.0762 e. The summed E-state index contributed by atoms with van der Waals surface area (Å²) in [4.78, 5) is 0. The fourth-order valence-corrected chi connectivity index (χ4v) is 8.98. The third kappa shape index (κ3) is 2.16. The zero-order chi connectivity index (χ0) is 15.5. The molecule has 0 unspecified atom stereocenters. The van der Waals surface area contributed by atoms with E-state index in [1.807, 2.05) is 0 Å². The van der Waals surface area contributed by atoms with Crippen molar-refractivity contribution in [2.75, 3.05) is 0 Å². The standard InChI is InChI=1S/C21H30Si/c1-21(2)18-10-9-17(20(21)13-18)14-22(3,4)19-11-15-7-5-6-8-16(15)12-19/h5-8,11,17-18,20H,9-10,12-14H2,1-4H3/t17-,18+,20+/m0/s1. The molecule has 22 heavy (non-hydrogen) atoms. The van der Waals surface area contributed by atoms with Crippen LogP contribution in [0.5, 0.6) is 0 Å². The predicted molar refractivity (Wildman–Crippen MR) is 98.5 cm³/mol. The van der Waals surface area contributed by atoms with Crippen LogP contribution in [0.4, 0.5) is 0 Å². The van der Waals surface area contributed by atoms with Gasteiger partial charge in [0, 0.05) is 0 Å². The highest BCUT2D eigenvalue weighted by Crippen LogP contribution is 2.62. The molecule has 1 heteroatoms. The molecule has 0 saturated heterocycles. The maximum atomic E-state index is 2.63. The Morgan fingerprint density at radius 2 is 1.91 bits per heavy atom. The smallest absolute Gasteiger partial charge is 0.0759 e. The number of hydrogen-bond donors (Lipinski definition) is 0. The normalized spacial score (nSPS) is 32.2. The van der Waals surface area contributed by atoms with E-state index in [1.165, 1.54) is 37.3 Å². The molecule has 0 spiro atoms. The minimum Gasteiger partial charge on any atom is -0.0759 e. The van der Waals surface area contributed by atoms with Gasteiger partial charge in [-0.25, -0.2) is 0 Å². The molecule has 4 aliphatic carbocycles. The maximum absolute atomic E-state index is 2.63. The molecular weight excluding hydrogens is 280 g/mol. The summed E-state index contributed by atoms with van der Waals surface area (Å²) in [6.45, 7) is 10.3. The number of rotatable bonds is 3. The van der Waals surface area contributed by atoms with Crippen molar-refractivity contribution in [2.24, 2.45) is 23.2 Å². The van der Waals surface area contributed by atoms with E-state index in [4.69, 9.17) is 0 Å². The molecule has 3 fully saturated rings. The van der Waals surface area contributed by atoms with Gasteiger partial charge >= 0.3 is 0 Å². The van der Waals surface area contributed by atoms with Gasteiger partial charge in [0.05, 0.1) is 8.07 Å². The summed E-state index contributed by atoms with van der Waals surface area (Å²) in [6.07, 6.45) is 8.31. The Hall–Kier alpha value is -0.823. The van der Waals surface area contributed by atoms with Crippen molar-refractivity contribution in [3.8, 4) is 0 Å². The number of fused-ring (bicyclic) bond motifs is 3. The highest BCUT2D eigenvalue weighted by molar-refractivity contribution is 6.85. The average Bonchev–Trinajstić information content (AvgIpc) is 2.91. The Morgan fingerprint density at radius 1 is 1.14 bits per heavy atom. The van der Waals surface area contributed by atoms with Crippen molar-refractivity contribution < 1.29 is 0 Å². The van der Waals surface area contributed by atoms with Crippen LogP contribution in [0.1, 0.15) is 44.2 Å². The Bertz CT molecular complexity index is 621. The molecule has 0 N–H and O–H groups in total. The van der Waals surface area contributed by atoms with E-state index in [9.17, 15) is 0 Å². The monoisotopic (exact) mass is 310 g/mol. The van der Waals surface area contributed by atoms with E-state index in [0.29, 0.717) is 5.41 Å². The van der Waals surface area contributed by atoms with Gasteiger partial charge in [-0.1, -0.05) is 74.9 Å². The van der Waals surface area contributed by atoms with Crippen LogP contribution in [-0.4, -0.2) is 8.07 Å². The van der Waals surface area contributed by atoms with Gasteiger partial charge in [-0.2, -0.15) is 0 Å². The summed E-state index contributed by atoms with van der Waals surface area (Å²) in [7, 11) is -1.27. The van der Waals surface area contributed by atoms with Crippen molar-refractivity contribution in [2.45, 2.75) is 58.7 Å². The third-order valence-corrected chi connectivity index (χ3v) is 11.0. The van der Waals surface area contributed by atoms with E-state index in [2.05, 4.69) is 57.3 Å². The van der Waals surface area contributed by atoms with Crippen molar-refractivity contribution in [1.29, 1.82) is 0 Å². The van der Waals surface area contributed by atoms with Crippen LogP contribution in [0, 0.1) is 23.2 Å². The lowest BCUT2D eigenvalue weighted by atomic mass is 9.46. The van der Waals surface area contributed by atoms with E-state index in [1.54, 1.807) is 10.8 Å². The summed E-state index contributed by atoms with van der Waals surface area (Å²) in [5.41, 5.74) is 3.69. The lowest BCUT2D eigenvalue weighted by molar-refractivity contribution is -0.0990. The second-order valence-corrected chi connectivity index (χ2v) is 14.1. The lowest BCUT2D eigenvalue weighted by Crippen LogP contribution is -2.53. The van der Waals surface area contributed by atoms with Gasteiger partial charge in [0.25, 0.3) is 0 Å². The number of benzene rings is 1. The second-order valence-electron chi connectivity index (χ2n) is 9.33. The van der Waals surface area contributed by atoms with Crippen LogP contribution in [0.2, 0.25) is 19.1 Å². The summed E-state index contributed by atoms with van der Waals surface area (Å²) in [5.74, 6) is 3.06. The van der Waals surface area contributed by atoms with Gasteiger partial charge < -0.3 is 0 Å². The Labute approximate surface area is 137 Å². The summed E-state index contributed by atoms with van der Waals surface area (Å²) < 4.78 is 0. The fraction of sp³-hybridized carbons (Fsp3) is 0.619. The molecule has 4 aliphatic rings. The molecule has 2 bridgehead atoms. The van der Waals surface area contributed by atoms with Crippen molar-refractivity contribution >= 4 is 14.1 Å². The molecule has 1 aromatic carbocycles. The van der Waals surface area contributed by atoms with Gasteiger partial charge in [0.1, 0.15) is 0 Å². The van der Waals surface area contributed by atoms with E-state index in [-0.39, 0.29) is 0 Å². The zero-order valence-corrected chi connectivity index (χ0v) is 15.7. The van der Waals surface area contributed by atoms with Crippen LogP contribution >= 0.6 is 0 Å². The quantitative estimate of drug-likeness (QED) is 0.605. The topological polar surface area (TPSA) is 0 Å². The first kappa shape index (κ1) is 14.7. The summed E-state index contributed by atoms with van der Waals surface area (Å²) in [5, 5.41) is 1.80. The largest absolute Gasteiger partial charge is 0.0762 e. The van der Waals surface area contributed by atoms with Gasteiger partial charge in [-0.3, -0.25) is 0 Å². The molecule has 0 heterocycles. The van der Waals surface area contributed by atoms with Crippen molar-refractivity contribution in [3.05, 3.63) is 40.6 Å². The van der Waals surface area contributed by atoms with Gasteiger partial charge in [0.2, 0.25) is 0 Å². The Kier molecular flexibility index (Phi) is 3.24. The SMILES string of the molecule is CC1(C)[C@@H]2CC[C@@H](C[Si](C)(C)C3=Cc4ccccc4C3)[C@H]1C2. The van der Waals surface area contributed by atoms with Crippen LogP contribution in [0.3, 0.4) is 0 Å². The first-order valence-corrected chi connectivity index (χ1v) is 12.4. The highest BCUT2D eigenvalue weighted by atomic mass is 28.3. The minimum absolute atomic E-state index is 0.639. The van der Waals surface area contributed by atoms with E-state index in [0.717, 1.165) is 17.8 Å². The van der Waals surface area contributed by atoms with Gasteiger partial charge in [-0.15, -0.1) is 0 Å². The van der Waals surface area contributed by atoms with Crippen LogP contribution in [0.25, 0.3) is 6.08 Å². The second kappa shape index (κ2) is 4.83. The molecule has 0 aliphatic heterocycles. The Balaban J connectivity index is 1.51. The van der Waals surface area contributed by atoms with Gasteiger partial charge in [0.15, 0.2) is 0 Å². The molecule has 118 valence electrons. The summed E-state index contributed by atoms with van der Waals surface area (Å²) in [6, 6.07) is 10.5. The summed E-state index contributed by atoms with van der Waals surface area (Å²) >= 11 is 0. The first-order chi connectivity index (χ1) is 10.4. The average molecular weight is 311 g/mol. The number of hydrogen-bond acceptors (Lipinski definition) is 0. The van der Waals surface area contributed by atoms with Crippen LogP contribution in [-0.2, 0) is 6.42 Å². The Morgan fingerprint density at radius 3 is 2.59 bits per heavy atom. The predicted octanol–water partition coefficient (Wildman–Crippen LogP) is 5.95. The highest BCUT2D eigenvalue weighted by Gasteiger charge is 2.54. The fourth-order valence-electron chi connectivity index (χ4n) is 5.71. The molecule has 3 atom stereocenters. The first-order valence-electron chi connectivity index (χ1n) is 9.17. The lowest BCUT2D eigenvalue weighted by Gasteiger charge is -2.61. The molecule has 0 aromatic heterocycles. The number of allylic oxidation sites excluding steroid dienone is 1. The molecular formula is C21H30Si.